The van der Waals surface area contributed by atoms with Crippen molar-refractivity contribution in [2.75, 3.05) is 11.9 Å². The Morgan fingerprint density at radius 2 is 1.85 bits per heavy atom. The van der Waals surface area contributed by atoms with Crippen molar-refractivity contribution in [3.63, 3.8) is 0 Å². The molecule has 1 aliphatic rings. The van der Waals surface area contributed by atoms with Crippen LogP contribution in [0.5, 0.6) is 0 Å². The van der Waals surface area contributed by atoms with E-state index in [4.69, 9.17) is 0 Å². The van der Waals surface area contributed by atoms with Gasteiger partial charge in [-0.05, 0) is 44.2 Å². The third kappa shape index (κ3) is 3.21. The Morgan fingerprint density at radius 3 is 2.67 bits per heavy atom. The summed E-state index contributed by atoms with van der Waals surface area (Å²) in [6.45, 7) is 3.86. The molecule has 1 aromatic heterocycles. The Kier molecular flexibility index (Phi) is 4.24. The smallest absolute Gasteiger partial charge is 0.261 e. The lowest BCUT2D eigenvalue weighted by molar-refractivity contribution is -0.116. The number of carbonyl (C=O) groups is 3. The van der Waals surface area contributed by atoms with Gasteiger partial charge in [-0.25, -0.2) is 4.98 Å². The van der Waals surface area contributed by atoms with Crippen LogP contribution in [0.1, 0.15) is 37.7 Å². The standard InChI is InChI=1S/C20H17N3O3S/c1-11-3-5-14-15(9-11)20(26)23(19(14)25)8-7-18(24)22-13-4-6-16-17(10-13)27-12(2)21-16/h3-6,9-10H,7-8H2,1-2H3,(H,22,24). The van der Waals surface area contributed by atoms with E-state index in [0.717, 1.165) is 25.7 Å². The van der Waals surface area contributed by atoms with E-state index in [1.807, 2.05) is 26.0 Å². The normalized spacial score (nSPS) is 13.3. The first kappa shape index (κ1) is 17.4. The van der Waals surface area contributed by atoms with Crippen molar-refractivity contribution in [3.05, 3.63) is 58.1 Å². The first-order valence-electron chi connectivity index (χ1n) is 8.56. The molecule has 27 heavy (non-hydrogen) atoms. The molecule has 0 aliphatic carbocycles. The van der Waals surface area contributed by atoms with Gasteiger partial charge in [0, 0.05) is 18.7 Å². The van der Waals surface area contributed by atoms with Gasteiger partial charge in [0.25, 0.3) is 11.8 Å². The van der Waals surface area contributed by atoms with Crippen LogP contribution in [0, 0.1) is 13.8 Å². The lowest BCUT2D eigenvalue weighted by atomic mass is 10.1. The van der Waals surface area contributed by atoms with Crippen LogP contribution in [0.25, 0.3) is 10.2 Å². The first-order chi connectivity index (χ1) is 12.9. The molecule has 0 unspecified atom stereocenters. The Hall–Kier alpha value is -3.06. The Bertz CT molecular complexity index is 1100. The largest absolute Gasteiger partial charge is 0.326 e. The summed E-state index contributed by atoms with van der Waals surface area (Å²) in [5, 5.41) is 3.78. The second-order valence-corrected chi connectivity index (χ2v) is 7.76. The number of nitrogens with one attached hydrogen (secondary N) is 1. The summed E-state index contributed by atoms with van der Waals surface area (Å²) in [6, 6.07) is 10.7. The highest BCUT2D eigenvalue weighted by atomic mass is 32.1. The monoisotopic (exact) mass is 379 g/mol. The summed E-state index contributed by atoms with van der Waals surface area (Å²) in [4.78, 5) is 42.7. The van der Waals surface area contributed by atoms with Gasteiger partial charge >= 0.3 is 0 Å². The van der Waals surface area contributed by atoms with Crippen molar-refractivity contribution < 1.29 is 14.4 Å². The van der Waals surface area contributed by atoms with Gasteiger partial charge in [-0.15, -0.1) is 11.3 Å². The summed E-state index contributed by atoms with van der Waals surface area (Å²) in [5.74, 6) is -0.930. The fourth-order valence-electron chi connectivity index (χ4n) is 3.16. The van der Waals surface area contributed by atoms with Gasteiger partial charge in [-0.3, -0.25) is 19.3 Å². The van der Waals surface area contributed by atoms with Crippen LogP contribution < -0.4 is 5.32 Å². The van der Waals surface area contributed by atoms with E-state index in [1.54, 1.807) is 35.6 Å². The van der Waals surface area contributed by atoms with Crippen LogP contribution in [0.2, 0.25) is 0 Å². The van der Waals surface area contributed by atoms with E-state index in [2.05, 4.69) is 10.3 Å². The maximum atomic E-state index is 12.4. The molecule has 0 spiro atoms. The summed E-state index contributed by atoms with van der Waals surface area (Å²) >= 11 is 1.56. The minimum atomic E-state index is -0.343. The molecular formula is C20H17N3O3S. The summed E-state index contributed by atoms with van der Waals surface area (Å²) in [7, 11) is 0. The van der Waals surface area contributed by atoms with E-state index in [9.17, 15) is 14.4 Å². The topological polar surface area (TPSA) is 79.4 Å². The van der Waals surface area contributed by atoms with Crippen molar-refractivity contribution in [2.24, 2.45) is 0 Å². The van der Waals surface area contributed by atoms with E-state index in [1.165, 1.54) is 0 Å². The number of carbonyl (C=O) groups excluding carboxylic acids is 3. The fourth-order valence-corrected chi connectivity index (χ4v) is 4.03. The van der Waals surface area contributed by atoms with Crippen LogP contribution in [0.3, 0.4) is 0 Å². The molecule has 0 atom stereocenters. The van der Waals surface area contributed by atoms with E-state index >= 15 is 0 Å². The molecule has 0 bridgehead atoms. The van der Waals surface area contributed by atoms with Gasteiger partial charge in [0.05, 0.1) is 26.4 Å². The minimum absolute atomic E-state index is 0.0458. The molecule has 0 radical (unpaired) electrons. The Labute approximate surface area is 159 Å². The summed E-state index contributed by atoms with van der Waals surface area (Å²) < 4.78 is 1.00. The van der Waals surface area contributed by atoms with Crippen molar-refractivity contribution in [1.29, 1.82) is 0 Å². The average Bonchev–Trinajstić information content (AvgIpc) is 3.10. The summed E-state index contributed by atoms with van der Waals surface area (Å²) in [6.07, 6.45) is 0.0458. The molecule has 2 heterocycles. The lowest BCUT2D eigenvalue weighted by Crippen LogP contribution is -2.32. The van der Waals surface area contributed by atoms with Gasteiger partial charge in [0.15, 0.2) is 0 Å². The Balaban J connectivity index is 1.41. The number of rotatable bonds is 4. The van der Waals surface area contributed by atoms with Crippen LogP contribution >= 0.6 is 11.3 Å². The zero-order valence-corrected chi connectivity index (χ0v) is 15.7. The quantitative estimate of drug-likeness (QED) is 0.703. The van der Waals surface area contributed by atoms with E-state index in [0.29, 0.717) is 16.8 Å². The number of hydrogen-bond acceptors (Lipinski definition) is 5. The second kappa shape index (κ2) is 6.59. The number of anilines is 1. The van der Waals surface area contributed by atoms with Gasteiger partial charge in [0.1, 0.15) is 0 Å². The van der Waals surface area contributed by atoms with Gasteiger partial charge in [-0.1, -0.05) is 11.6 Å². The van der Waals surface area contributed by atoms with Crippen molar-refractivity contribution >= 4 is 45.0 Å². The molecule has 2 aromatic carbocycles. The van der Waals surface area contributed by atoms with Crippen molar-refractivity contribution in [3.8, 4) is 0 Å². The maximum absolute atomic E-state index is 12.4. The molecule has 1 N–H and O–H groups in total. The first-order valence-corrected chi connectivity index (χ1v) is 9.38. The number of amides is 3. The highest BCUT2D eigenvalue weighted by Gasteiger charge is 2.35. The highest BCUT2D eigenvalue weighted by Crippen LogP contribution is 2.26. The molecule has 1 aliphatic heterocycles. The molecule has 0 saturated heterocycles. The van der Waals surface area contributed by atoms with Gasteiger partial charge in [-0.2, -0.15) is 0 Å². The fraction of sp³-hybridized carbons (Fsp3) is 0.200. The SMILES string of the molecule is Cc1ccc2c(c1)C(=O)N(CCC(=O)Nc1ccc3nc(C)sc3c1)C2=O. The molecule has 6 nitrogen and oxygen atoms in total. The molecule has 136 valence electrons. The number of nitrogens with zero attached hydrogens (tertiary/aromatic N) is 2. The average molecular weight is 379 g/mol. The third-order valence-corrected chi connectivity index (χ3v) is 5.40. The number of benzene rings is 2. The highest BCUT2D eigenvalue weighted by molar-refractivity contribution is 7.18. The van der Waals surface area contributed by atoms with Crippen LogP contribution in [0.4, 0.5) is 5.69 Å². The number of thiazole rings is 1. The van der Waals surface area contributed by atoms with Crippen molar-refractivity contribution in [2.45, 2.75) is 20.3 Å². The predicted molar refractivity (Wildman–Crippen MR) is 104 cm³/mol. The molecule has 3 amide bonds. The summed E-state index contributed by atoms with van der Waals surface area (Å²) in [5.41, 5.74) is 3.30. The number of fused-ring (bicyclic) bond motifs is 2. The van der Waals surface area contributed by atoms with E-state index < -0.39 is 0 Å². The molecule has 4 rings (SSSR count). The lowest BCUT2D eigenvalue weighted by Gasteiger charge is -2.13. The predicted octanol–water partition coefficient (Wildman–Crippen LogP) is 3.54. The Morgan fingerprint density at radius 1 is 1.07 bits per heavy atom. The van der Waals surface area contributed by atoms with Crippen molar-refractivity contribution in [1.82, 2.24) is 9.88 Å². The van der Waals surface area contributed by atoms with Crippen LogP contribution in [-0.2, 0) is 4.79 Å². The van der Waals surface area contributed by atoms with Gasteiger partial charge < -0.3 is 5.32 Å². The number of hydrogen-bond donors (Lipinski definition) is 1. The maximum Gasteiger partial charge on any atom is 0.261 e. The number of aromatic nitrogens is 1. The molecule has 0 saturated carbocycles. The van der Waals surface area contributed by atoms with E-state index in [-0.39, 0.29) is 30.7 Å². The van der Waals surface area contributed by atoms with Crippen LogP contribution in [-0.4, -0.2) is 34.2 Å². The zero-order chi connectivity index (χ0) is 19.1. The molecular weight excluding hydrogens is 362 g/mol. The number of aryl methyl sites for hydroxylation is 2. The molecule has 0 fully saturated rings. The van der Waals surface area contributed by atoms with Crippen LogP contribution in [0.15, 0.2) is 36.4 Å². The zero-order valence-electron chi connectivity index (χ0n) is 14.9. The van der Waals surface area contributed by atoms with Gasteiger partial charge in [0.2, 0.25) is 5.91 Å². The third-order valence-electron chi connectivity index (χ3n) is 4.47. The molecule has 7 heteroatoms. The minimum Gasteiger partial charge on any atom is -0.326 e. The number of imide groups is 1. The second-order valence-electron chi connectivity index (χ2n) is 6.52. The molecule has 3 aromatic rings.